The maximum atomic E-state index is 6.92. The molecule has 0 aliphatic heterocycles. The van der Waals surface area contributed by atoms with Crippen molar-refractivity contribution < 1.29 is 9.15 Å². The van der Waals surface area contributed by atoms with Crippen molar-refractivity contribution in [1.82, 2.24) is 4.57 Å². The van der Waals surface area contributed by atoms with Crippen LogP contribution in [0.25, 0.3) is 77.4 Å². The third-order valence-electron chi connectivity index (χ3n) is 11.6. The van der Waals surface area contributed by atoms with Crippen LogP contribution in [0.3, 0.4) is 0 Å². The predicted molar refractivity (Wildman–Crippen MR) is 254 cm³/mol. The zero-order valence-corrected chi connectivity index (χ0v) is 33.2. The van der Waals surface area contributed by atoms with Crippen molar-refractivity contribution in [3.05, 3.63) is 224 Å². The molecular formula is C56H39N3O2. The van der Waals surface area contributed by atoms with Crippen molar-refractivity contribution >= 4 is 72.3 Å². The molecule has 9 aromatic carbocycles. The van der Waals surface area contributed by atoms with Gasteiger partial charge in [0.25, 0.3) is 0 Å². The molecule has 2 heterocycles. The highest BCUT2D eigenvalue weighted by molar-refractivity contribution is 6.17. The van der Waals surface area contributed by atoms with Gasteiger partial charge in [0.15, 0.2) is 5.75 Å². The molecule has 0 saturated heterocycles. The first kappa shape index (κ1) is 35.8. The fourth-order valence-electron chi connectivity index (χ4n) is 8.64. The summed E-state index contributed by atoms with van der Waals surface area (Å²) < 4.78 is 15.4. The van der Waals surface area contributed by atoms with E-state index in [1.54, 1.807) is 0 Å². The van der Waals surface area contributed by atoms with E-state index in [-0.39, 0.29) is 0 Å². The Kier molecular flexibility index (Phi) is 8.72. The topological polar surface area (TPSA) is 56.6 Å². The zero-order chi connectivity index (χ0) is 40.9. The van der Waals surface area contributed by atoms with Gasteiger partial charge in [0.1, 0.15) is 16.9 Å². The summed E-state index contributed by atoms with van der Waals surface area (Å²) in [5, 5.41) is 4.16. The number of nitrogens with two attached hydrogens (primary N) is 1. The Morgan fingerprint density at radius 2 is 1.07 bits per heavy atom. The minimum atomic E-state index is 0.505. The highest BCUT2D eigenvalue weighted by Gasteiger charge is 2.22. The van der Waals surface area contributed by atoms with Crippen LogP contribution < -0.4 is 15.4 Å². The van der Waals surface area contributed by atoms with Gasteiger partial charge in [-0.25, -0.2) is 0 Å². The number of nitrogen functional groups attached to an aromatic ring is 1. The number of nitrogens with zero attached hydrogens (tertiary/aromatic N) is 2. The second-order valence-corrected chi connectivity index (χ2v) is 15.2. The summed E-state index contributed by atoms with van der Waals surface area (Å²) in [6, 6.07) is 73.7. The number of furan rings is 1. The smallest absolute Gasteiger partial charge is 0.151 e. The van der Waals surface area contributed by atoms with Gasteiger partial charge in [0.05, 0.1) is 22.1 Å². The van der Waals surface area contributed by atoms with E-state index in [4.69, 9.17) is 14.9 Å². The van der Waals surface area contributed by atoms with Crippen molar-refractivity contribution in [1.29, 1.82) is 0 Å². The lowest BCUT2D eigenvalue weighted by Gasteiger charge is -2.26. The Balaban J connectivity index is 1.06. The lowest BCUT2D eigenvalue weighted by Crippen LogP contribution is -2.10. The average molecular weight is 786 g/mol. The van der Waals surface area contributed by atoms with Crippen molar-refractivity contribution in [3.8, 4) is 33.7 Å². The number of hydrogen-bond acceptors (Lipinski definition) is 4. The van der Waals surface area contributed by atoms with Crippen LogP contribution in [0.2, 0.25) is 0 Å². The largest absolute Gasteiger partial charge is 0.455 e. The maximum absolute atomic E-state index is 6.92. The second kappa shape index (κ2) is 14.8. The van der Waals surface area contributed by atoms with Gasteiger partial charge < -0.3 is 24.4 Å². The van der Waals surface area contributed by atoms with Gasteiger partial charge in [-0.3, -0.25) is 0 Å². The molecule has 0 unspecified atom stereocenters. The molecule has 5 heteroatoms. The monoisotopic (exact) mass is 785 g/mol. The molecule has 0 aliphatic carbocycles. The Bertz CT molecular complexity index is 3390. The molecule has 0 bridgehead atoms. The van der Waals surface area contributed by atoms with Crippen LogP contribution in [0.4, 0.5) is 22.7 Å². The van der Waals surface area contributed by atoms with E-state index in [0.29, 0.717) is 22.8 Å². The van der Waals surface area contributed by atoms with E-state index in [9.17, 15) is 0 Å². The molecule has 290 valence electrons. The third kappa shape index (κ3) is 6.28. The van der Waals surface area contributed by atoms with E-state index < -0.39 is 0 Å². The number of benzene rings is 9. The Hall–Kier alpha value is -8.28. The lowest BCUT2D eigenvalue weighted by molar-refractivity contribution is 0.520. The van der Waals surface area contributed by atoms with Gasteiger partial charge in [0.2, 0.25) is 0 Å². The van der Waals surface area contributed by atoms with Crippen LogP contribution in [0, 0.1) is 0 Å². The van der Waals surface area contributed by atoms with Crippen LogP contribution in [0.5, 0.6) is 5.75 Å². The quantitative estimate of drug-likeness (QED) is 0.117. The summed E-state index contributed by atoms with van der Waals surface area (Å²) in [6.45, 7) is 4.25. The van der Waals surface area contributed by atoms with Crippen LogP contribution in [-0.4, -0.2) is 4.57 Å². The molecule has 0 radical (unpaired) electrons. The van der Waals surface area contributed by atoms with E-state index in [0.717, 1.165) is 66.9 Å². The highest BCUT2D eigenvalue weighted by Crippen LogP contribution is 2.46. The summed E-state index contributed by atoms with van der Waals surface area (Å²) in [5.41, 5.74) is 20.4. The summed E-state index contributed by atoms with van der Waals surface area (Å²) in [4.78, 5) is 2.32. The normalized spacial score (nSPS) is 11.4. The SMILES string of the molecule is C=C(Oc1cc(-c2ccc(N(c3ccc(-c4ccccc4)cc3)c3ccc4c5ccccc5n(-c5ccccc5)c4c3)cc2)c2oc3ccccc3c2c1N)c1ccccc1. The van der Waals surface area contributed by atoms with Gasteiger partial charge in [-0.15, -0.1) is 0 Å². The van der Waals surface area contributed by atoms with Crippen molar-refractivity contribution in [2.45, 2.75) is 0 Å². The van der Waals surface area contributed by atoms with Gasteiger partial charge in [-0.1, -0.05) is 152 Å². The minimum Gasteiger partial charge on any atom is -0.455 e. The third-order valence-corrected chi connectivity index (χ3v) is 11.6. The first-order valence-electron chi connectivity index (χ1n) is 20.4. The molecule has 0 aliphatic rings. The Morgan fingerprint density at radius 3 is 1.79 bits per heavy atom. The Labute approximate surface area is 353 Å². The molecule has 0 saturated carbocycles. The van der Waals surface area contributed by atoms with Gasteiger partial charge >= 0.3 is 0 Å². The number of rotatable bonds is 9. The first-order valence-corrected chi connectivity index (χ1v) is 20.4. The van der Waals surface area contributed by atoms with Gasteiger partial charge in [-0.2, -0.15) is 0 Å². The number of fused-ring (bicyclic) bond motifs is 6. The van der Waals surface area contributed by atoms with Crippen molar-refractivity contribution in [2.75, 3.05) is 10.6 Å². The number of hydrogen-bond donors (Lipinski definition) is 1. The fraction of sp³-hybridized carbons (Fsp3) is 0. The van der Waals surface area contributed by atoms with Crippen molar-refractivity contribution in [3.63, 3.8) is 0 Å². The number of anilines is 4. The molecule has 2 N–H and O–H groups in total. The second-order valence-electron chi connectivity index (χ2n) is 15.2. The van der Waals surface area contributed by atoms with Crippen molar-refractivity contribution in [2.24, 2.45) is 0 Å². The Morgan fingerprint density at radius 1 is 0.508 bits per heavy atom. The molecule has 0 fully saturated rings. The molecule has 11 aromatic rings. The van der Waals surface area contributed by atoms with E-state index >= 15 is 0 Å². The minimum absolute atomic E-state index is 0.505. The molecule has 2 aromatic heterocycles. The summed E-state index contributed by atoms with van der Waals surface area (Å²) >= 11 is 0. The lowest BCUT2D eigenvalue weighted by atomic mass is 9.99. The fourth-order valence-corrected chi connectivity index (χ4v) is 8.64. The van der Waals surface area contributed by atoms with Crippen LogP contribution in [-0.2, 0) is 0 Å². The molecule has 61 heavy (non-hydrogen) atoms. The van der Waals surface area contributed by atoms with Crippen LogP contribution in [0.15, 0.2) is 223 Å². The molecule has 0 spiro atoms. The molecular weight excluding hydrogens is 747 g/mol. The predicted octanol–water partition coefficient (Wildman–Crippen LogP) is 15.1. The van der Waals surface area contributed by atoms with E-state index in [1.165, 1.54) is 21.9 Å². The van der Waals surface area contributed by atoms with Crippen LogP contribution >= 0.6 is 0 Å². The molecule has 5 nitrogen and oxygen atoms in total. The summed E-state index contributed by atoms with van der Waals surface area (Å²) in [5.74, 6) is 1.03. The molecule has 0 amide bonds. The highest BCUT2D eigenvalue weighted by atomic mass is 16.5. The van der Waals surface area contributed by atoms with E-state index in [1.807, 2.05) is 66.7 Å². The zero-order valence-electron chi connectivity index (χ0n) is 33.2. The summed E-state index contributed by atoms with van der Waals surface area (Å²) in [6.07, 6.45) is 0. The number of para-hydroxylation sites is 3. The van der Waals surface area contributed by atoms with Gasteiger partial charge in [0, 0.05) is 50.0 Å². The van der Waals surface area contributed by atoms with Crippen LogP contribution in [0.1, 0.15) is 5.56 Å². The summed E-state index contributed by atoms with van der Waals surface area (Å²) in [7, 11) is 0. The van der Waals surface area contributed by atoms with E-state index in [2.05, 4.69) is 162 Å². The number of ether oxygens (including phenoxy) is 1. The standard InChI is InChI=1S/C56H39N3O2/c1-37(38-15-5-2-6-16-38)60-53-36-49(56-54(55(53)57)48-22-12-14-24-52(48)61-56)41-27-31-44(32-28-41)58(43-29-25-40(26-30-43)39-17-7-3-8-18-39)45-33-34-47-46-21-11-13-23-50(46)59(51(47)35-45)42-19-9-4-10-20-42/h2-36H,1,57H2. The number of aromatic nitrogens is 1. The first-order chi connectivity index (χ1) is 30.1. The average Bonchev–Trinajstić information content (AvgIpc) is 3.88. The molecule has 11 rings (SSSR count). The maximum Gasteiger partial charge on any atom is 0.151 e. The van der Waals surface area contributed by atoms with Gasteiger partial charge in [-0.05, 0) is 83.4 Å². The molecule has 0 atom stereocenters.